The minimum Gasteiger partial charge on any atom is -0.295 e. The van der Waals surface area contributed by atoms with Crippen LogP contribution in [0.15, 0.2) is 22.0 Å². The molecule has 21 heavy (non-hydrogen) atoms. The van der Waals surface area contributed by atoms with Crippen LogP contribution in [0.4, 0.5) is 0 Å². The van der Waals surface area contributed by atoms with E-state index in [0.29, 0.717) is 11.3 Å². The highest BCUT2D eigenvalue weighted by molar-refractivity contribution is 5.65. The lowest BCUT2D eigenvalue weighted by Gasteiger charge is -2.23. The van der Waals surface area contributed by atoms with Crippen LogP contribution in [0.1, 0.15) is 26.3 Å². The highest BCUT2D eigenvalue weighted by Gasteiger charge is 2.25. The summed E-state index contributed by atoms with van der Waals surface area (Å²) in [6, 6.07) is 1.92. The predicted octanol–water partition coefficient (Wildman–Crippen LogP) is 0.574. The molecule has 0 bridgehead atoms. The van der Waals surface area contributed by atoms with Crippen molar-refractivity contribution in [3.05, 3.63) is 38.8 Å². The fourth-order valence-corrected chi connectivity index (χ4v) is 2.29. The normalized spacial score (nSPS) is 11.4. The molecule has 0 N–H and O–H groups in total. The van der Waals surface area contributed by atoms with E-state index in [2.05, 4.69) is 5.10 Å². The Morgan fingerprint density at radius 1 is 1.24 bits per heavy atom. The summed E-state index contributed by atoms with van der Waals surface area (Å²) in [4.78, 5) is 25.0. The summed E-state index contributed by atoms with van der Waals surface area (Å²) in [5, 5.41) is 13.4. The third-order valence-corrected chi connectivity index (χ3v) is 3.23. The standard InChI is InChI=1S/C14H17N5O2/c1-14(2,3)19-12(20)10(6-15)11(18(5)13(19)21)9-7-16-17(4)8-9/h7-8H,1-5H3. The maximum atomic E-state index is 12.5. The molecule has 0 atom stereocenters. The van der Waals surface area contributed by atoms with Crippen molar-refractivity contribution in [3.63, 3.8) is 0 Å². The van der Waals surface area contributed by atoms with Crippen LogP contribution >= 0.6 is 0 Å². The van der Waals surface area contributed by atoms with Gasteiger partial charge in [0.1, 0.15) is 11.6 Å². The number of nitriles is 1. The Balaban J connectivity index is 2.98. The Morgan fingerprint density at radius 3 is 2.29 bits per heavy atom. The molecule has 7 nitrogen and oxygen atoms in total. The molecule has 2 rings (SSSR count). The van der Waals surface area contributed by atoms with Crippen LogP contribution in [0.3, 0.4) is 0 Å². The van der Waals surface area contributed by atoms with Gasteiger partial charge in [-0.3, -0.25) is 18.6 Å². The topological polar surface area (TPSA) is 85.6 Å². The zero-order valence-corrected chi connectivity index (χ0v) is 12.7. The quantitative estimate of drug-likeness (QED) is 0.767. The summed E-state index contributed by atoms with van der Waals surface area (Å²) < 4.78 is 3.98. The first-order valence-electron chi connectivity index (χ1n) is 6.44. The molecule has 0 aliphatic rings. The van der Waals surface area contributed by atoms with Gasteiger partial charge in [-0.1, -0.05) is 0 Å². The van der Waals surface area contributed by atoms with Crippen LogP contribution < -0.4 is 11.2 Å². The van der Waals surface area contributed by atoms with Gasteiger partial charge in [0.05, 0.1) is 11.9 Å². The molecule has 0 fully saturated rings. The zero-order chi connectivity index (χ0) is 15.9. The summed E-state index contributed by atoms with van der Waals surface area (Å²) in [7, 11) is 3.28. The molecular formula is C14H17N5O2. The van der Waals surface area contributed by atoms with E-state index in [4.69, 9.17) is 0 Å². The summed E-state index contributed by atoms with van der Waals surface area (Å²) in [6.45, 7) is 5.25. The molecule has 110 valence electrons. The lowest BCUT2D eigenvalue weighted by atomic mass is 10.1. The molecule has 2 heterocycles. The minimum absolute atomic E-state index is 0.0555. The van der Waals surface area contributed by atoms with Crippen LogP contribution in [-0.4, -0.2) is 18.9 Å². The van der Waals surface area contributed by atoms with Gasteiger partial charge < -0.3 is 0 Å². The molecule has 0 spiro atoms. The van der Waals surface area contributed by atoms with E-state index in [0.717, 1.165) is 4.57 Å². The summed E-state index contributed by atoms with van der Waals surface area (Å²) in [5.74, 6) is 0. The maximum Gasteiger partial charge on any atom is 0.331 e. The Kier molecular flexibility index (Phi) is 3.33. The number of rotatable bonds is 1. The average molecular weight is 287 g/mol. The number of aromatic nitrogens is 4. The van der Waals surface area contributed by atoms with Gasteiger partial charge in [0.2, 0.25) is 0 Å². The summed E-state index contributed by atoms with van der Waals surface area (Å²) >= 11 is 0. The second-order valence-electron chi connectivity index (χ2n) is 5.89. The average Bonchev–Trinajstić information content (AvgIpc) is 2.78. The van der Waals surface area contributed by atoms with Crippen LogP contribution in [0.5, 0.6) is 0 Å². The number of hydrogen-bond acceptors (Lipinski definition) is 4. The second kappa shape index (κ2) is 4.74. The number of hydrogen-bond donors (Lipinski definition) is 0. The first-order chi connectivity index (χ1) is 9.68. The Bertz CT molecular complexity index is 855. The van der Waals surface area contributed by atoms with Gasteiger partial charge in [-0.25, -0.2) is 4.79 Å². The van der Waals surface area contributed by atoms with Gasteiger partial charge in [-0.15, -0.1) is 0 Å². The molecule has 0 radical (unpaired) electrons. The lowest BCUT2D eigenvalue weighted by Crippen LogP contribution is -2.48. The molecule has 0 unspecified atom stereocenters. The van der Waals surface area contributed by atoms with E-state index >= 15 is 0 Å². The van der Waals surface area contributed by atoms with Gasteiger partial charge in [0.25, 0.3) is 5.56 Å². The molecule has 2 aromatic heterocycles. The highest BCUT2D eigenvalue weighted by Crippen LogP contribution is 2.19. The van der Waals surface area contributed by atoms with Gasteiger partial charge in [0.15, 0.2) is 0 Å². The summed E-state index contributed by atoms with van der Waals surface area (Å²) in [6.07, 6.45) is 3.19. The minimum atomic E-state index is -0.703. The van der Waals surface area contributed by atoms with Crippen molar-refractivity contribution in [2.75, 3.05) is 0 Å². The molecule has 0 saturated carbocycles. The number of nitrogens with zero attached hydrogens (tertiary/aromatic N) is 5. The van der Waals surface area contributed by atoms with Gasteiger partial charge in [0, 0.05) is 31.4 Å². The smallest absolute Gasteiger partial charge is 0.295 e. The maximum absolute atomic E-state index is 12.5. The largest absolute Gasteiger partial charge is 0.331 e. The lowest BCUT2D eigenvalue weighted by molar-refractivity contribution is 0.358. The van der Waals surface area contributed by atoms with E-state index in [1.165, 1.54) is 10.8 Å². The number of aryl methyl sites for hydroxylation is 1. The van der Waals surface area contributed by atoms with E-state index in [1.807, 2.05) is 6.07 Å². The first kappa shape index (κ1) is 14.8. The molecule has 0 saturated heterocycles. The van der Waals surface area contributed by atoms with Crippen molar-refractivity contribution in [3.8, 4) is 17.3 Å². The van der Waals surface area contributed by atoms with E-state index in [9.17, 15) is 14.9 Å². The van der Waals surface area contributed by atoms with E-state index < -0.39 is 16.8 Å². The van der Waals surface area contributed by atoms with Crippen molar-refractivity contribution >= 4 is 0 Å². The van der Waals surface area contributed by atoms with E-state index in [-0.39, 0.29) is 5.56 Å². The van der Waals surface area contributed by atoms with Crippen LogP contribution in [0, 0.1) is 11.3 Å². The Hall–Kier alpha value is -2.62. The van der Waals surface area contributed by atoms with Crippen LogP contribution in [0.2, 0.25) is 0 Å². The Labute approximate surface area is 121 Å². The van der Waals surface area contributed by atoms with Crippen molar-refractivity contribution in [2.24, 2.45) is 14.1 Å². The van der Waals surface area contributed by atoms with Gasteiger partial charge in [-0.2, -0.15) is 10.4 Å². The van der Waals surface area contributed by atoms with Crippen molar-refractivity contribution < 1.29 is 0 Å². The highest BCUT2D eigenvalue weighted by atomic mass is 16.2. The first-order valence-corrected chi connectivity index (χ1v) is 6.44. The molecule has 0 amide bonds. The second-order valence-corrected chi connectivity index (χ2v) is 5.89. The third kappa shape index (κ3) is 2.29. The Morgan fingerprint density at radius 2 is 1.86 bits per heavy atom. The monoisotopic (exact) mass is 287 g/mol. The SMILES string of the molecule is Cn1cc(-c2c(C#N)c(=O)n(C(C)(C)C)c(=O)n2C)cn1. The van der Waals surface area contributed by atoms with Gasteiger partial charge in [-0.05, 0) is 20.8 Å². The molecule has 2 aromatic rings. The van der Waals surface area contributed by atoms with Crippen molar-refractivity contribution in [1.29, 1.82) is 5.26 Å². The predicted molar refractivity (Wildman–Crippen MR) is 77.9 cm³/mol. The molecule has 0 aliphatic heterocycles. The van der Waals surface area contributed by atoms with Crippen molar-refractivity contribution in [2.45, 2.75) is 26.3 Å². The zero-order valence-electron chi connectivity index (χ0n) is 12.7. The molecule has 0 aromatic carbocycles. The fraction of sp³-hybridized carbons (Fsp3) is 0.429. The third-order valence-electron chi connectivity index (χ3n) is 3.23. The molecule has 7 heteroatoms. The molecular weight excluding hydrogens is 270 g/mol. The van der Waals surface area contributed by atoms with Gasteiger partial charge >= 0.3 is 5.69 Å². The van der Waals surface area contributed by atoms with Crippen LogP contribution in [0.25, 0.3) is 11.3 Å². The van der Waals surface area contributed by atoms with E-state index in [1.54, 1.807) is 45.7 Å². The fourth-order valence-electron chi connectivity index (χ4n) is 2.29. The van der Waals surface area contributed by atoms with Crippen LogP contribution in [-0.2, 0) is 19.6 Å². The van der Waals surface area contributed by atoms with Crippen molar-refractivity contribution in [1.82, 2.24) is 18.9 Å². The summed E-state index contributed by atoms with van der Waals surface area (Å²) in [5.41, 5.74) is -0.935. The molecule has 0 aliphatic carbocycles.